The second-order valence-electron chi connectivity index (χ2n) is 4.76. The van der Waals surface area contributed by atoms with Crippen LogP contribution in [0.2, 0.25) is 0 Å². The molecule has 1 fully saturated rings. The number of fused-ring (bicyclic) bond motifs is 1. The molecule has 0 aliphatic carbocycles. The Balaban J connectivity index is 1.90. The highest BCUT2D eigenvalue weighted by Gasteiger charge is 2.26. The van der Waals surface area contributed by atoms with Crippen LogP contribution in [0.5, 0.6) is 0 Å². The highest BCUT2D eigenvalue weighted by atomic mass is 16.3. The summed E-state index contributed by atoms with van der Waals surface area (Å²) in [5, 5.41) is 4.56. The Labute approximate surface area is 107 Å². The Morgan fingerprint density at radius 2 is 2.44 bits per heavy atom. The molecule has 1 unspecified atom stereocenters. The smallest absolute Gasteiger partial charge is 0.139 e. The van der Waals surface area contributed by atoms with Gasteiger partial charge in [0.25, 0.3) is 0 Å². The zero-order chi connectivity index (χ0) is 12.4. The lowest BCUT2D eigenvalue weighted by molar-refractivity contribution is 0.585. The SMILES string of the molecule is CCNCC1CCCN1c1nccc2occc12. The molecule has 0 saturated carbocycles. The summed E-state index contributed by atoms with van der Waals surface area (Å²) >= 11 is 0. The molecule has 1 atom stereocenters. The zero-order valence-corrected chi connectivity index (χ0v) is 10.7. The maximum Gasteiger partial charge on any atom is 0.139 e. The zero-order valence-electron chi connectivity index (χ0n) is 10.7. The van der Waals surface area contributed by atoms with Gasteiger partial charge in [-0.3, -0.25) is 0 Å². The minimum absolute atomic E-state index is 0.554. The van der Waals surface area contributed by atoms with Crippen molar-refractivity contribution in [3.63, 3.8) is 0 Å². The first kappa shape index (κ1) is 11.5. The van der Waals surface area contributed by atoms with E-state index >= 15 is 0 Å². The fraction of sp³-hybridized carbons (Fsp3) is 0.500. The van der Waals surface area contributed by atoms with E-state index in [2.05, 4.69) is 22.1 Å². The lowest BCUT2D eigenvalue weighted by Gasteiger charge is -2.26. The Morgan fingerprint density at radius 3 is 3.33 bits per heavy atom. The van der Waals surface area contributed by atoms with Gasteiger partial charge >= 0.3 is 0 Å². The standard InChI is InChI=1S/C14H19N3O/c1-2-15-10-11-4-3-8-17(11)14-12-6-9-18-13(12)5-7-16-14/h5-7,9,11,15H,2-4,8,10H2,1H3. The number of rotatable bonds is 4. The van der Waals surface area contributed by atoms with Gasteiger partial charge in [0.05, 0.1) is 11.6 Å². The molecule has 96 valence electrons. The molecule has 0 spiro atoms. The number of furan rings is 1. The van der Waals surface area contributed by atoms with Crippen LogP contribution in [0.3, 0.4) is 0 Å². The average Bonchev–Trinajstić information content (AvgIpc) is 3.04. The summed E-state index contributed by atoms with van der Waals surface area (Å²) in [6.45, 7) is 5.29. The van der Waals surface area contributed by atoms with Gasteiger partial charge in [-0.25, -0.2) is 4.98 Å². The van der Waals surface area contributed by atoms with Crippen molar-refractivity contribution in [3.05, 3.63) is 24.6 Å². The number of hydrogen-bond acceptors (Lipinski definition) is 4. The van der Waals surface area contributed by atoms with Gasteiger partial charge in [0, 0.05) is 25.3 Å². The van der Waals surface area contributed by atoms with Crippen LogP contribution in [0.15, 0.2) is 29.0 Å². The quantitative estimate of drug-likeness (QED) is 0.898. The minimum atomic E-state index is 0.554. The molecular weight excluding hydrogens is 226 g/mol. The largest absolute Gasteiger partial charge is 0.464 e. The van der Waals surface area contributed by atoms with Gasteiger partial charge in [-0.1, -0.05) is 6.92 Å². The van der Waals surface area contributed by atoms with Gasteiger partial charge in [-0.05, 0) is 31.5 Å². The van der Waals surface area contributed by atoms with Crippen molar-refractivity contribution in [2.45, 2.75) is 25.8 Å². The fourth-order valence-corrected chi connectivity index (χ4v) is 2.75. The van der Waals surface area contributed by atoms with Crippen molar-refractivity contribution in [2.24, 2.45) is 0 Å². The maximum atomic E-state index is 5.45. The van der Waals surface area contributed by atoms with Crippen molar-refractivity contribution in [3.8, 4) is 0 Å². The third kappa shape index (κ3) is 1.97. The average molecular weight is 245 g/mol. The highest BCUT2D eigenvalue weighted by Crippen LogP contribution is 2.30. The number of pyridine rings is 1. The molecule has 18 heavy (non-hydrogen) atoms. The summed E-state index contributed by atoms with van der Waals surface area (Å²) in [7, 11) is 0. The van der Waals surface area contributed by atoms with Gasteiger partial charge in [0.15, 0.2) is 0 Å². The number of hydrogen-bond donors (Lipinski definition) is 1. The molecule has 0 bridgehead atoms. The van der Waals surface area contributed by atoms with Crippen molar-refractivity contribution in [1.29, 1.82) is 0 Å². The van der Waals surface area contributed by atoms with Crippen LogP contribution in [-0.4, -0.2) is 30.7 Å². The maximum absolute atomic E-state index is 5.45. The first-order chi connectivity index (χ1) is 8.90. The van der Waals surface area contributed by atoms with E-state index in [-0.39, 0.29) is 0 Å². The van der Waals surface area contributed by atoms with E-state index in [1.807, 2.05) is 18.3 Å². The number of nitrogens with one attached hydrogen (secondary N) is 1. The van der Waals surface area contributed by atoms with Crippen LogP contribution in [-0.2, 0) is 0 Å². The molecule has 1 aliphatic rings. The molecule has 2 aromatic heterocycles. The molecule has 1 aliphatic heterocycles. The summed E-state index contributed by atoms with van der Waals surface area (Å²) in [6, 6.07) is 4.49. The topological polar surface area (TPSA) is 41.3 Å². The molecule has 4 nitrogen and oxygen atoms in total. The number of likely N-dealkylation sites (N-methyl/N-ethyl adjacent to an activating group) is 1. The van der Waals surface area contributed by atoms with E-state index in [9.17, 15) is 0 Å². The molecule has 0 radical (unpaired) electrons. The predicted octanol–water partition coefficient (Wildman–Crippen LogP) is 2.41. The van der Waals surface area contributed by atoms with Crippen LogP contribution >= 0.6 is 0 Å². The lowest BCUT2D eigenvalue weighted by Crippen LogP contribution is -2.38. The molecular formula is C14H19N3O. The van der Waals surface area contributed by atoms with Crippen LogP contribution in [0.4, 0.5) is 5.82 Å². The van der Waals surface area contributed by atoms with Gasteiger partial charge in [-0.15, -0.1) is 0 Å². The van der Waals surface area contributed by atoms with Crippen LogP contribution in [0.25, 0.3) is 11.0 Å². The molecule has 0 aromatic carbocycles. The number of aromatic nitrogens is 1. The van der Waals surface area contributed by atoms with Gasteiger partial charge in [0.2, 0.25) is 0 Å². The van der Waals surface area contributed by atoms with Crippen LogP contribution < -0.4 is 10.2 Å². The summed E-state index contributed by atoms with van der Waals surface area (Å²) in [4.78, 5) is 6.97. The Morgan fingerprint density at radius 1 is 1.50 bits per heavy atom. The summed E-state index contributed by atoms with van der Waals surface area (Å²) < 4.78 is 5.45. The summed E-state index contributed by atoms with van der Waals surface area (Å²) in [5.74, 6) is 1.07. The first-order valence-corrected chi connectivity index (χ1v) is 6.69. The van der Waals surface area contributed by atoms with Crippen LogP contribution in [0.1, 0.15) is 19.8 Å². The molecule has 3 rings (SSSR count). The second kappa shape index (κ2) is 4.98. The van der Waals surface area contributed by atoms with E-state index in [4.69, 9.17) is 4.42 Å². The number of nitrogens with zero attached hydrogens (tertiary/aromatic N) is 2. The normalized spacial score (nSPS) is 19.8. The molecule has 0 amide bonds. The highest BCUT2D eigenvalue weighted by molar-refractivity contribution is 5.88. The third-order valence-electron chi connectivity index (χ3n) is 3.64. The summed E-state index contributed by atoms with van der Waals surface area (Å²) in [5.41, 5.74) is 0.925. The first-order valence-electron chi connectivity index (χ1n) is 6.69. The van der Waals surface area contributed by atoms with Crippen molar-refractivity contribution in [2.75, 3.05) is 24.5 Å². The molecule has 1 saturated heterocycles. The Bertz CT molecular complexity index is 522. The third-order valence-corrected chi connectivity index (χ3v) is 3.64. The van der Waals surface area contributed by atoms with E-state index in [1.54, 1.807) is 6.26 Å². The molecule has 1 N–H and O–H groups in total. The van der Waals surface area contributed by atoms with E-state index < -0.39 is 0 Å². The van der Waals surface area contributed by atoms with Crippen molar-refractivity contribution < 1.29 is 4.42 Å². The molecule has 2 aromatic rings. The fourth-order valence-electron chi connectivity index (χ4n) is 2.75. The second-order valence-corrected chi connectivity index (χ2v) is 4.76. The van der Waals surface area contributed by atoms with Crippen molar-refractivity contribution in [1.82, 2.24) is 10.3 Å². The monoisotopic (exact) mass is 245 g/mol. The molecule has 4 heteroatoms. The van der Waals surface area contributed by atoms with Gasteiger partial charge in [-0.2, -0.15) is 0 Å². The lowest BCUT2D eigenvalue weighted by atomic mass is 10.2. The van der Waals surface area contributed by atoms with E-state index in [0.29, 0.717) is 6.04 Å². The van der Waals surface area contributed by atoms with E-state index in [1.165, 1.54) is 12.8 Å². The number of anilines is 1. The Kier molecular flexibility index (Phi) is 3.19. The Hall–Kier alpha value is -1.55. The summed E-state index contributed by atoms with van der Waals surface area (Å²) in [6.07, 6.45) is 6.06. The molecule has 3 heterocycles. The van der Waals surface area contributed by atoms with Crippen molar-refractivity contribution >= 4 is 16.8 Å². The van der Waals surface area contributed by atoms with Gasteiger partial charge in [0.1, 0.15) is 11.4 Å². The van der Waals surface area contributed by atoms with Crippen LogP contribution in [0, 0.1) is 0 Å². The minimum Gasteiger partial charge on any atom is -0.464 e. The van der Waals surface area contributed by atoms with Gasteiger partial charge < -0.3 is 14.6 Å². The predicted molar refractivity (Wildman–Crippen MR) is 72.9 cm³/mol. The van der Waals surface area contributed by atoms with E-state index in [0.717, 1.165) is 36.4 Å².